The lowest BCUT2D eigenvalue weighted by atomic mass is 10.1. The van der Waals surface area contributed by atoms with E-state index in [4.69, 9.17) is 0 Å². The Morgan fingerprint density at radius 1 is 1.06 bits per heavy atom. The molecule has 1 aliphatic heterocycles. The lowest BCUT2D eigenvalue weighted by molar-refractivity contribution is 0.0950. The maximum atomic E-state index is 12.8. The summed E-state index contributed by atoms with van der Waals surface area (Å²) in [6, 6.07) is 16.4. The van der Waals surface area contributed by atoms with Crippen molar-refractivity contribution in [2.24, 2.45) is 0 Å². The smallest absolute Gasteiger partial charge is 0.255 e. The van der Waals surface area contributed by atoms with Gasteiger partial charge in [-0.1, -0.05) is 40.2 Å². The van der Waals surface area contributed by atoms with Crippen LogP contribution in [-0.4, -0.2) is 58.7 Å². The number of hydrogen-bond acceptors (Lipinski definition) is 4. The third-order valence-electron chi connectivity index (χ3n) is 5.77. The molecule has 31 heavy (non-hydrogen) atoms. The minimum Gasteiger partial charge on any atom is -0.348 e. The first-order chi connectivity index (χ1) is 15.0. The SMILES string of the molecule is Cc1c(C(=O)NCc2cccc(CN3CCN(C)CC3)c2)cnn1-c1ccc(Br)cc1. The molecular weight excluding hydrogens is 454 g/mol. The number of carbonyl (C=O) groups is 1. The number of aromatic nitrogens is 2. The minimum atomic E-state index is -0.106. The van der Waals surface area contributed by atoms with Crippen LogP contribution in [0.4, 0.5) is 0 Å². The fourth-order valence-electron chi connectivity index (χ4n) is 3.85. The molecule has 0 spiro atoms. The molecule has 0 radical (unpaired) electrons. The summed E-state index contributed by atoms with van der Waals surface area (Å²) in [6.07, 6.45) is 1.64. The first kappa shape index (κ1) is 21.7. The zero-order valence-electron chi connectivity index (χ0n) is 18.0. The van der Waals surface area contributed by atoms with E-state index in [1.54, 1.807) is 10.9 Å². The Labute approximate surface area is 192 Å². The summed E-state index contributed by atoms with van der Waals surface area (Å²) in [5, 5.41) is 7.45. The van der Waals surface area contributed by atoms with Crippen LogP contribution in [0.2, 0.25) is 0 Å². The standard InChI is InChI=1S/C24H28BrN5O/c1-18-23(16-27-30(18)22-8-6-21(25)7-9-22)24(31)26-15-19-4-3-5-20(14-19)17-29-12-10-28(2)11-13-29/h3-9,14,16H,10-13,15,17H2,1-2H3,(H,26,31). The van der Waals surface area contributed by atoms with Crippen molar-refractivity contribution in [1.82, 2.24) is 24.9 Å². The second-order valence-corrected chi connectivity index (χ2v) is 9.03. The Morgan fingerprint density at radius 3 is 2.52 bits per heavy atom. The zero-order chi connectivity index (χ0) is 21.8. The number of carbonyl (C=O) groups excluding carboxylic acids is 1. The number of nitrogens with zero attached hydrogens (tertiary/aromatic N) is 4. The van der Waals surface area contributed by atoms with Gasteiger partial charge in [-0.15, -0.1) is 0 Å². The van der Waals surface area contributed by atoms with Gasteiger partial charge in [-0.05, 0) is 49.4 Å². The normalized spacial score (nSPS) is 15.2. The zero-order valence-corrected chi connectivity index (χ0v) is 19.6. The summed E-state index contributed by atoms with van der Waals surface area (Å²) in [6.45, 7) is 7.79. The summed E-state index contributed by atoms with van der Waals surface area (Å²) in [5.41, 5.74) is 4.74. The van der Waals surface area contributed by atoms with E-state index in [1.165, 1.54) is 5.56 Å². The van der Waals surface area contributed by atoms with Gasteiger partial charge < -0.3 is 10.2 Å². The predicted molar refractivity (Wildman–Crippen MR) is 126 cm³/mol. The van der Waals surface area contributed by atoms with Crippen LogP contribution in [0, 0.1) is 6.92 Å². The highest BCUT2D eigenvalue weighted by atomic mass is 79.9. The van der Waals surface area contributed by atoms with Crippen molar-refractivity contribution in [2.75, 3.05) is 33.2 Å². The molecule has 1 fully saturated rings. The average molecular weight is 482 g/mol. The molecule has 4 rings (SSSR count). The third kappa shape index (κ3) is 5.42. The van der Waals surface area contributed by atoms with Gasteiger partial charge in [0, 0.05) is 43.7 Å². The van der Waals surface area contributed by atoms with Crippen LogP contribution in [0.5, 0.6) is 0 Å². The number of rotatable bonds is 6. The lowest BCUT2D eigenvalue weighted by Gasteiger charge is -2.32. The van der Waals surface area contributed by atoms with Crippen LogP contribution in [-0.2, 0) is 13.1 Å². The molecule has 162 valence electrons. The fourth-order valence-corrected chi connectivity index (χ4v) is 4.12. The Hall–Kier alpha value is -2.48. The molecule has 1 N–H and O–H groups in total. The Kier molecular flexibility index (Phi) is 6.85. The largest absolute Gasteiger partial charge is 0.348 e. The van der Waals surface area contributed by atoms with Gasteiger partial charge in [0.1, 0.15) is 0 Å². The summed E-state index contributed by atoms with van der Waals surface area (Å²) < 4.78 is 2.80. The number of nitrogens with one attached hydrogen (secondary N) is 1. The van der Waals surface area contributed by atoms with Crippen LogP contribution in [0.1, 0.15) is 27.2 Å². The Morgan fingerprint density at radius 2 is 1.77 bits per heavy atom. The maximum absolute atomic E-state index is 12.8. The molecule has 2 aromatic carbocycles. The maximum Gasteiger partial charge on any atom is 0.255 e. The monoisotopic (exact) mass is 481 g/mol. The highest BCUT2D eigenvalue weighted by Crippen LogP contribution is 2.17. The van der Waals surface area contributed by atoms with E-state index in [1.807, 2.05) is 31.2 Å². The Bertz CT molecular complexity index is 1040. The molecule has 1 saturated heterocycles. The van der Waals surface area contributed by atoms with Gasteiger partial charge >= 0.3 is 0 Å². The summed E-state index contributed by atoms with van der Waals surface area (Å²) >= 11 is 3.44. The lowest BCUT2D eigenvalue weighted by Crippen LogP contribution is -2.43. The summed E-state index contributed by atoms with van der Waals surface area (Å²) in [5.74, 6) is -0.106. The van der Waals surface area contributed by atoms with E-state index in [-0.39, 0.29) is 5.91 Å². The molecule has 0 saturated carbocycles. The first-order valence-electron chi connectivity index (χ1n) is 10.6. The van der Waals surface area contributed by atoms with Crippen LogP contribution in [0.3, 0.4) is 0 Å². The van der Waals surface area contributed by atoms with Gasteiger partial charge in [0.2, 0.25) is 0 Å². The highest BCUT2D eigenvalue weighted by Gasteiger charge is 2.16. The number of likely N-dealkylation sites (N-methyl/N-ethyl adjacent to an activating group) is 1. The van der Waals surface area contributed by atoms with Crippen molar-refractivity contribution in [3.63, 3.8) is 0 Å². The predicted octanol–water partition coefficient (Wildman–Crippen LogP) is 3.62. The van der Waals surface area contributed by atoms with Crippen LogP contribution in [0.25, 0.3) is 5.69 Å². The third-order valence-corrected chi connectivity index (χ3v) is 6.30. The van der Waals surface area contributed by atoms with Crippen molar-refractivity contribution < 1.29 is 4.79 Å². The van der Waals surface area contributed by atoms with Gasteiger partial charge in [-0.25, -0.2) is 4.68 Å². The van der Waals surface area contributed by atoms with Crippen molar-refractivity contribution in [1.29, 1.82) is 0 Å². The molecule has 2 heterocycles. The van der Waals surface area contributed by atoms with E-state index >= 15 is 0 Å². The molecule has 1 aromatic heterocycles. The topological polar surface area (TPSA) is 53.4 Å². The van der Waals surface area contributed by atoms with Gasteiger partial charge in [-0.2, -0.15) is 5.10 Å². The van der Waals surface area contributed by atoms with E-state index in [0.717, 1.165) is 54.1 Å². The van der Waals surface area contributed by atoms with Gasteiger partial charge in [0.15, 0.2) is 0 Å². The first-order valence-corrected chi connectivity index (χ1v) is 11.4. The molecule has 1 aliphatic rings. The quantitative estimate of drug-likeness (QED) is 0.583. The second-order valence-electron chi connectivity index (χ2n) is 8.11. The molecule has 0 atom stereocenters. The van der Waals surface area contributed by atoms with Crippen molar-refractivity contribution >= 4 is 21.8 Å². The van der Waals surface area contributed by atoms with Crippen LogP contribution in [0.15, 0.2) is 59.2 Å². The molecule has 0 unspecified atom stereocenters. The van der Waals surface area contributed by atoms with Crippen LogP contribution < -0.4 is 5.32 Å². The number of amides is 1. The van der Waals surface area contributed by atoms with Gasteiger partial charge in [-0.3, -0.25) is 9.69 Å². The number of halogens is 1. The molecule has 1 amide bonds. The van der Waals surface area contributed by atoms with Gasteiger partial charge in [0.05, 0.1) is 23.1 Å². The average Bonchev–Trinajstić information content (AvgIpc) is 3.16. The molecule has 3 aromatic rings. The van der Waals surface area contributed by atoms with Gasteiger partial charge in [0.25, 0.3) is 5.91 Å². The number of benzene rings is 2. The summed E-state index contributed by atoms with van der Waals surface area (Å²) in [4.78, 5) is 17.6. The molecule has 7 heteroatoms. The van der Waals surface area contributed by atoms with Crippen LogP contribution >= 0.6 is 15.9 Å². The molecule has 0 bridgehead atoms. The molecule has 6 nitrogen and oxygen atoms in total. The minimum absolute atomic E-state index is 0.106. The summed E-state index contributed by atoms with van der Waals surface area (Å²) in [7, 11) is 2.17. The van der Waals surface area contributed by atoms with E-state index in [0.29, 0.717) is 12.1 Å². The highest BCUT2D eigenvalue weighted by molar-refractivity contribution is 9.10. The second kappa shape index (κ2) is 9.77. The fraction of sp³-hybridized carbons (Fsp3) is 0.333. The van der Waals surface area contributed by atoms with E-state index < -0.39 is 0 Å². The molecular formula is C24H28BrN5O. The van der Waals surface area contributed by atoms with Crippen molar-refractivity contribution in [2.45, 2.75) is 20.0 Å². The van der Waals surface area contributed by atoms with E-state index in [2.05, 4.69) is 67.5 Å². The Balaban J connectivity index is 1.37. The van der Waals surface area contributed by atoms with Crippen molar-refractivity contribution in [3.8, 4) is 5.69 Å². The van der Waals surface area contributed by atoms with E-state index in [9.17, 15) is 4.79 Å². The van der Waals surface area contributed by atoms with Crippen molar-refractivity contribution in [3.05, 3.63) is 81.6 Å². The molecule has 0 aliphatic carbocycles. The number of piperazine rings is 1. The number of hydrogen-bond donors (Lipinski definition) is 1.